The van der Waals surface area contributed by atoms with E-state index in [2.05, 4.69) is 80.8 Å². The summed E-state index contributed by atoms with van der Waals surface area (Å²) < 4.78 is 1.52. The average molecular weight is 1330 g/mol. The van der Waals surface area contributed by atoms with Crippen molar-refractivity contribution >= 4 is 112 Å². The minimum absolute atomic E-state index is 0.0856. The molecule has 8 N–H and O–H groups in total. The minimum atomic E-state index is -0.174. The van der Waals surface area contributed by atoms with Gasteiger partial charge < -0.3 is 55.5 Å². The Hall–Kier alpha value is -7.99. The molecule has 3 aromatic carbocycles. The third-order valence-electron chi connectivity index (χ3n) is 16.9. The number of rotatable bonds is 12. The van der Waals surface area contributed by atoms with E-state index in [1.165, 1.54) is 44.6 Å². The standard InChI is InChI=1S/C22H23N5O2S2.C21H24N6OS2.C21H21N5O2S2/c1-26-10-7-14(12-18(26)29)13-3-4-16(17(28)11-13)19-24-20-21(30-19)25-22(31-20)27(2)15-5-8-23-9-6-15;1-11-6-15(7-12(2)24-11)27(3)21-26-20-19(30-21)25-18(29-20)16-5-4-13(8-17(16)28)14-9-22-23-10-14;1-26(14-5-7-22-8-6-14)21-25-20-19(30-21)24-18(29-20)15-3-2-12(10-16(15)27)13-4-9-23-17(28)11-13/h3-4,7,10-12,15,23,28H,5-6,8-9H2,1-2H3;4-5,8-12,15,24,28H,6-7H2,1-3H3,(H,22,23);2-4,9-11,14,22,27H,5-8H2,1H3,(H,23,28)/t;11-,12+,15?;. The lowest BCUT2D eigenvalue weighted by Crippen LogP contribution is -2.49. The van der Waals surface area contributed by atoms with Crippen LogP contribution in [0.3, 0.4) is 0 Å². The molecule has 9 aromatic heterocycles. The molecule has 1 unspecified atom stereocenters. The van der Waals surface area contributed by atoms with E-state index in [4.69, 9.17) is 29.9 Å². The maximum Gasteiger partial charge on any atom is 0.250 e. The van der Waals surface area contributed by atoms with Crippen LogP contribution in [-0.4, -0.2) is 143 Å². The van der Waals surface area contributed by atoms with Gasteiger partial charge in [0.1, 0.15) is 32.3 Å². The number of hydrogen-bond acceptors (Lipinski definition) is 24. The predicted molar refractivity (Wildman–Crippen MR) is 374 cm³/mol. The second kappa shape index (κ2) is 26.7. The maximum atomic E-state index is 11.9. The van der Waals surface area contributed by atoms with Crippen molar-refractivity contribution in [3.05, 3.63) is 124 Å². The molecule has 470 valence electrons. The van der Waals surface area contributed by atoms with Crippen molar-refractivity contribution in [3.63, 3.8) is 0 Å². The molecular weight excluding hydrogens is 1270 g/mol. The first-order valence-electron chi connectivity index (χ1n) is 30.1. The number of piperidine rings is 3. The van der Waals surface area contributed by atoms with Crippen molar-refractivity contribution in [2.24, 2.45) is 7.05 Å². The number of H-pyrrole nitrogens is 2. The molecule has 3 aliphatic heterocycles. The number of phenols is 3. The summed E-state index contributed by atoms with van der Waals surface area (Å²) in [5.41, 5.74) is 6.78. The van der Waals surface area contributed by atoms with Crippen LogP contribution in [0.2, 0.25) is 0 Å². The zero-order valence-corrected chi connectivity index (χ0v) is 55.7. The first-order valence-corrected chi connectivity index (χ1v) is 35.0. The van der Waals surface area contributed by atoms with Crippen LogP contribution in [0.1, 0.15) is 52.4 Å². The number of fused-ring (bicyclic) bond motifs is 3. The van der Waals surface area contributed by atoms with E-state index in [-0.39, 0.29) is 28.4 Å². The molecule has 12 aromatic rings. The fraction of sp³-hybridized carbons (Fsp3) is 0.328. The fourth-order valence-electron chi connectivity index (χ4n) is 11.8. The highest BCUT2D eigenvalue weighted by molar-refractivity contribution is 7.31. The molecule has 15 rings (SSSR count). The molecule has 0 saturated carbocycles. The molecule has 0 aliphatic carbocycles. The van der Waals surface area contributed by atoms with E-state index >= 15 is 0 Å². The number of benzene rings is 3. The maximum absolute atomic E-state index is 11.9. The molecule has 21 nitrogen and oxygen atoms in total. The van der Waals surface area contributed by atoms with Gasteiger partial charge in [0.15, 0.2) is 44.4 Å². The first kappa shape index (κ1) is 61.8. The molecule has 27 heteroatoms. The Morgan fingerprint density at radius 1 is 0.495 bits per heavy atom. The van der Waals surface area contributed by atoms with E-state index < -0.39 is 0 Å². The highest BCUT2D eigenvalue weighted by Crippen LogP contribution is 2.44. The van der Waals surface area contributed by atoms with Crippen LogP contribution in [0.5, 0.6) is 17.2 Å². The van der Waals surface area contributed by atoms with Gasteiger partial charge in [-0.3, -0.25) is 14.7 Å². The Labute approximate surface area is 547 Å². The van der Waals surface area contributed by atoms with Gasteiger partial charge in [0.05, 0.1) is 22.9 Å². The van der Waals surface area contributed by atoms with E-state index in [0.717, 1.165) is 163 Å². The van der Waals surface area contributed by atoms with Crippen LogP contribution in [0.25, 0.3) is 94.1 Å². The van der Waals surface area contributed by atoms with Gasteiger partial charge in [0.2, 0.25) is 5.56 Å². The second-order valence-electron chi connectivity index (χ2n) is 23.3. The summed E-state index contributed by atoms with van der Waals surface area (Å²) in [6.45, 7) is 8.67. The summed E-state index contributed by atoms with van der Waals surface area (Å²) in [4.78, 5) is 67.0. The molecule has 0 amide bonds. The highest BCUT2D eigenvalue weighted by Gasteiger charge is 2.29. The number of nitrogens with one attached hydrogen (secondary N) is 5. The van der Waals surface area contributed by atoms with Crippen molar-refractivity contribution < 1.29 is 15.3 Å². The van der Waals surface area contributed by atoms with Crippen LogP contribution >= 0.6 is 68.0 Å². The molecule has 0 spiro atoms. The number of hydrogen-bond donors (Lipinski definition) is 8. The highest BCUT2D eigenvalue weighted by atomic mass is 32.1. The zero-order chi connectivity index (χ0) is 63.0. The zero-order valence-electron chi connectivity index (χ0n) is 50.8. The SMILES string of the molecule is CN(c1nc2sc(-c3ccc(-c4cc[nH]c(=O)c4)cc3O)nc2s1)C1CCNCC1.CN(c1nc2sc(-c3ccc(-c4ccn(C)c(=O)c4)cc3O)nc2s1)C1CCNCC1.C[C@@H]1CC(N(C)c2nc3sc(-c4ccc(-c5cn[nH]c5)cc4O)nc3s2)C[C@H](C)N1. The molecular formula is C64H68N16O5S6. The number of aromatic amines is 2. The van der Waals surface area contributed by atoms with Crippen molar-refractivity contribution in [2.75, 3.05) is 62.0 Å². The lowest BCUT2D eigenvalue weighted by Gasteiger charge is -2.38. The van der Waals surface area contributed by atoms with Gasteiger partial charge in [0, 0.05) is 94.7 Å². The Balaban J connectivity index is 0.000000125. The first-order chi connectivity index (χ1) is 44.0. The molecule has 91 heavy (non-hydrogen) atoms. The van der Waals surface area contributed by atoms with Gasteiger partial charge in [0.25, 0.3) is 5.56 Å². The van der Waals surface area contributed by atoms with E-state index in [1.54, 1.807) is 96.2 Å². The lowest BCUT2D eigenvalue weighted by atomic mass is 9.95. The van der Waals surface area contributed by atoms with Gasteiger partial charge in [-0.1, -0.05) is 86.2 Å². The summed E-state index contributed by atoms with van der Waals surface area (Å²) >= 11 is 9.32. The number of pyridine rings is 2. The minimum Gasteiger partial charge on any atom is -0.507 e. The van der Waals surface area contributed by atoms with E-state index in [1.807, 2.05) is 42.5 Å². The quantitative estimate of drug-likeness (QED) is 0.0565. The molecule has 0 bridgehead atoms. The van der Waals surface area contributed by atoms with Gasteiger partial charge in [-0.2, -0.15) is 5.10 Å². The number of aromatic nitrogens is 10. The molecule has 3 aliphatic rings. The molecule has 3 atom stereocenters. The molecule has 3 saturated heterocycles. The number of nitrogens with zero attached hydrogens (tertiary/aromatic N) is 11. The normalized spacial score (nSPS) is 17.2. The average Bonchev–Trinajstić information content (AvgIpc) is 1.91. The van der Waals surface area contributed by atoms with Crippen LogP contribution in [-0.2, 0) is 7.05 Å². The van der Waals surface area contributed by atoms with Crippen molar-refractivity contribution in [3.8, 4) is 82.3 Å². The summed E-state index contributed by atoms with van der Waals surface area (Å²) in [6.07, 6.45) is 13.6. The van der Waals surface area contributed by atoms with Gasteiger partial charge in [-0.25, -0.2) is 29.9 Å². The Kier molecular flexibility index (Phi) is 18.1. The molecule has 12 heterocycles. The largest absolute Gasteiger partial charge is 0.507 e. The molecule has 3 fully saturated rings. The Bertz CT molecular complexity index is 4540. The van der Waals surface area contributed by atoms with Crippen molar-refractivity contribution in [2.45, 2.75) is 82.6 Å². The molecule has 0 radical (unpaired) electrons. The van der Waals surface area contributed by atoms with Crippen molar-refractivity contribution in [1.82, 2.24) is 65.6 Å². The third kappa shape index (κ3) is 13.5. The van der Waals surface area contributed by atoms with Crippen LogP contribution in [0.15, 0.2) is 113 Å². The van der Waals surface area contributed by atoms with E-state index in [0.29, 0.717) is 41.3 Å². The van der Waals surface area contributed by atoms with Crippen LogP contribution in [0.4, 0.5) is 15.4 Å². The second-order valence-corrected chi connectivity index (χ2v) is 29.1. The van der Waals surface area contributed by atoms with Crippen LogP contribution < -0.4 is 41.8 Å². The van der Waals surface area contributed by atoms with Gasteiger partial charge in [-0.05, 0) is 155 Å². The van der Waals surface area contributed by atoms with Gasteiger partial charge in [-0.15, -0.1) is 0 Å². The number of thiazole rings is 6. The smallest absolute Gasteiger partial charge is 0.250 e. The lowest BCUT2D eigenvalue weighted by molar-refractivity contribution is 0.311. The summed E-state index contributed by atoms with van der Waals surface area (Å²) in [7, 11) is 8.07. The Morgan fingerprint density at radius 2 is 0.901 bits per heavy atom. The third-order valence-corrected chi connectivity index (χ3v) is 23.4. The number of aromatic hydroxyl groups is 3. The van der Waals surface area contributed by atoms with Gasteiger partial charge >= 0.3 is 0 Å². The predicted octanol–water partition coefficient (Wildman–Crippen LogP) is 11.8. The number of phenolic OH excluding ortho intramolecular Hbond substituents is 3. The van der Waals surface area contributed by atoms with E-state index in [9.17, 15) is 24.9 Å². The Morgan fingerprint density at radius 3 is 1.30 bits per heavy atom. The topological polar surface area (TPSA) is 267 Å². The van der Waals surface area contributed by atoms with Crippen LogP contribution in [0, 0.1) is 0 Å². The monoisotopic (exact) mass is 1330 g/mol. The summed E-state index contributed by atoms with van der Waals surface area (Å²) in [6, 6.07) is 25.8. The van der Waals surface area contributed by atoms with Crippen molar-refractivity contribution in [1.29, 1.82) is 0 Å². The number of anilines is 3. The summed E-state index contributed by atoms with van der Waals surface area (Å²) in [5, 5.41) is 54.3. The fourth-order valence-corrected chi connectivity index (χ4v) is 18.2. The number of aryl methyl sites for hydroxylation is 1. The summed E-state index contributed by atoms with van der Waals surface area (Å²) in [5.74, 6) is 0.498.